The molecular weight excluding hydrogens is 280 g/mol. The number of carbonyl (C=O) groups is 1. The van der Waals surface area contributed by atoms with Gasteiger partial charge >= 0.3 is 0 Å². The van der Waals surface area contributed by atoms with Crippen molar-refractivity contribution in [3.05, 3.63) is 59.9 Å². The number of amides is 1. The third-order valence-electron chi connectivity index (χ3n) is 3.25. The number of hydrogen-bond acceptors (Lipinski definition) is 4. The SMILES string of the molecule is Cn1ccc(C(=O)N/N=C/c2c(O)ccc3ccccc23)n1. The lowest BCUT2D eigenvalue weighted by molar-refractivity contribution is 0.0949. The molecule has 22 heavy (non-hydrogen) atoms. The summed E-state index contributed by atoms with van der Waals surface area (Å²) in [6, 6.07) is 12.7. The molecule has 0 unspecified atom stereocenters. The van der Waals surface area contributed by atoms with E-state index in [2.05, 4.69) is 15.6 Å². The monoisotopic (exact) mass is 294 g/mol. The van der Waals surface area contributed by atoms with Gasteiger partial charge in [0, 0.05) is 18.8 Å². The van der Waals surface area contributed by atoms with Crippen LogP contribution in [0.15, 0.2) is 53.8 Å². The second-order valence-corrected chi connectivity index (χ2v) is 4.79. The Kier molecular flexibility index (Phi) is 3.57. The summed E-state index contributed by atoms with van der Waals surface area (Å²) >= 11 is 0. The highest BCUT2D eigenvalue weighted by Gasteiger charge is 2.08. The third-order valence-corrected chi connectivity index (χ3v) is 3.25. The van der Waals surface area contributed by atoms with Crippen LogP contribution in [-0.4, -0.2) is 27.0 Å². The molecule has 6 nitrogen and oxygen atoms in total. The van der Waals surface area contributed by atoms with Gasteiger partial charge in [0.25, 0.3) is 5.91 Å². The highest BCUT2D eigenvalue weighted by molar-refractivity contribution is 6.02. The molecule has 0 bridgehead atoms. The van der Waals surface area contributed by atoms with E-state index in [0.29, 0.717) is 5.56 Å². The fourth-order valence-electron chi connectivity index (χ4n) is 2.17. The van der Waals surface area contributed by atoms with Crippen LogP contribution in [0.1, 0.15) is 16.1 Å². The van der Waals surface area contributed by atoms with E-state index in [1.54, 1.807) is 25.4 Å². The summed E-state index contributed by atoms with van der Waals surface area (Å²) in [5.41, 5.74) is 3.23. The Balaban J connectivity index is 1.84. The Bertz CT molecular complexity index is 867. The maximum absolute atomic E-state index is 11.8. The number of hydrogen-bond donors (Lipinski definition) is 2. The molecule has 0 radical (unpaired) electrons. The fraction of sp³-hybridized carbons (Fsp3) is 0.0625. The van der Waals surface area contributed by atoms with Crippen LogP contribution >= 0.6 is 0 Å². The van der Waals surface area contributed by atoms with Crippen molar-refractivity contribution in [2.45, 2.75) is 0 Å². The summed E-state index contributed by atoms with van der Waals surface area (Å²) in [5.74, 6) is -0.300. The minimum absolute atomic E-state index is 0.106. The second-order valence-electron chi connectivity index (χ2n) is 4.79. The number of nitrogens with zero attached hydrogens (tertiary/aromatic N) is 3. The topological polar surface area (TPSA) is 79.5 Å². The van der Waals surface area contributed by atoms with Crippen molar-refractivity contribution < 1.29 is 9.90 Å². The van der Waals surface area contributed by atoms with Crippen LogP contribution in [0.3, 0.4) is 0 Å². The van der Waals surface area contributed by atoms with Crippen molar-refractivity contribution in [1.82, 2.24) is 15.2 Å². The van der Waals surface area contributed by atoms with E-state index in [1.807, 2.05) is 30.3 Å². The molecule has 0 aliphatic rings. The number of hydrazone groups is 1. The fourth-order valence-corrected chi connectivity index (χ4v) is 2.17. The molecule has 0 fully saturated rings. The first-order valence-electron chi connectivity index (χ1n) is 6.69. The van der Waals surface area contributed by atoms with Gasteiger partial charge in [0.2, 0.25) is 0 Å². The molecule has 3 rings (SSSR count). The zero-order valence-corrected chi connectivity index (χ0v) is 11.9. The van der Waals surface area contributed by atoms with Crippen LogP contribution in [0, 0.1) is 0 Å². The molecule has 0 saturated carbocycles. The lowest BCUT2D eigenvalue weighted by atomic mass is 10.0. The number of phenolic OH excluding ortho intramolecular Hbond substituents is 1. The van der Waals surface area contributed by atoms with Gasteiger partial charge in [-0.2, -0.15) is 10.2 Å². The molecule has 2 N–H and O–H groups in total. The van der Waals surface area contributed by atoms with Gasteiger partial charge in [0.1, 0.15) is 5.75 Å². The van der Waals surface area contributed by atoms with Crippen LogP contribution in [-0.2, 0) is 7.05 Å². The molecule has 0 saturated heterocycles. The Morgan fingerprint density at radius 1 is 1.27 bits per heavy atom. The number of benzene rings is 2. The van der Waals surface area contributed by atoms with Crippen molar-refractivity contribution in [2.75, 3.05) is 0 Å². The van der Waals surface area contributed by atoms with Gasteiger partial charge in [-0.25, -0.2) is 5.43 Å². The predicted molar refractivity (Wildman–Crippen MR) is 83.9 cm³/mol. The van der Waals surface area contributed by atoms with Gasteiger partial charge in [-0.1, -0.05) is 30.3 Å². The number of carbonyl (C=O) groups excluding carboxylic acids is 1. The number of aryl methyl sites for hydroxylation is 1. The summed E-state index contributed by atoms with van der Waals surface area (Å²) in [5, 5.41) is 19.7. The van der Waals surface area contributed by atoms with Crippen LogP contribution in [0.2, 0.25) is 0 Å². The molecule has 0 aliphatic carbocycles. The number of fused-ring (bicyclic) bond motifs is 1. The largest absolute Gasteiger partial charge is 0.507 e. The maximum Gasteiger partial charge on any atom is 0.291 e. The highest BCUT2D eigenvalue weighted by Crippen LogP contribution is 2.25. The van der Waals surface area contributed by atoms with Crippen LogP contribution in [0.25, 0.3) is 10.8 Å². The van der Waals surface area contributed by atoms with Crippen molar-refractivity contribution in [1.29, 1.82) is 0 Å². The molecule has 1 aromatic heterocycles. The average molecular weight is 294 g/mol. The quantitative estimate of drug-likeness (QED) is 0.573. The first-order chi connectivity index (χ1) is 10.6. The first kappa shape index (κ1) is 13.8. The summed E-state index contributed by atoms with van der Waals surface area (Å²) in [6.07, 6.45) is 3.10. The molecular formula is C16H14N4O2. The molecule has 1 heterocycles. The number of phenols is 1. The van der Waals surface area contributed by atoms with E-state index >= 15 is 0 Å². The predicted octanol–water partition coefficient (Wildman–Crippen LogP) is 2.04. The van der Waals surface area contributed by atoms with Gasteiger partial charge in [0.05, 0.1) is 6.21 Å². The van der Waals surface area contributed by atoms with Crippen molar-refractivity contribution in [2.24, 2.45) is 12.1 Å². The van der Waals surface area contributed by atoms with Crippen LogP contribution < -0.4 is 5.43 Å². The Morgan fingerprint density at radius 3 is 2.86 bits per heavy atom. The summed E-state index contributed by atoms with van der Waals surface area (Å²) in [7, 11) is 1.73. The maximum atomic E-state index is 11.8. The molecule has 1 amide bonds. The minimum Gasteiger partial charge on any atom is -0.507 e. The average Bonchev–Trinajstić information content (AvgIpc) is 2.96. The summed E-state index contributed by atoms with van der Waals surface area (Å²) < 4.78 is 1.54. The molecule has 110 valence electrons. The lowest BCUT2D eigenvalue weighted by Crippen LogP contribution is -2.18. The molecule has 2 aromatic carbocycles. The normalized spacial score (nSPS) is 11.1. The van der Waals surface area contributed by atoms with Gasteiger partial charge in [-0.05, 0) is 22.9 Å². The van der Waals surface area contributed by atoms with Crippen molar-refractivity contribution >= 4 is 22.9 Å². The highest BCUT2D eigenvalue weighted by atomic mass is 16.3. The van der Waals surface area contributed by atoms with Crippen LogP contribution in [0.5, 0.6) is 5.75 Å². The smallest absolute Gasteiger partial charge is 0.291 e. The van der Waals surface area contributed by atoms with Crippen molar-refractivity contribution in [3.8, 4) is 5.75 Å². The Morgan fingerprint density at radius 2 is 2.09 bits per heavy atom. The number of aromatic nitrogens is 2. The summed E-state index contributed by atoms with van der Waals surface area (Å²) in [4.78, 5) is 11.8. The first-order valence-corrected chi connectivity index (χ1v) is 6.69. The van der Waals surface area contributed by atoms with Gasteiger partial charge in [-0.15, -0.1) is 0 Å². The van der Waals surface area contributed by atoms with E-state index in [4.69, 9.17) is 0 Å². The van der Waals surface area contributed by atoms with Gasteiger partial charge in [0.15, 0.2) is 5.69 Å². The zero-order chi connectivity index (χ0) is 15.5. The number of rotatable bonds is 3. The molecule has 0 spiro atoms. The standard InChI is InChI=1S/C16H14N4O2/c1-20-9-8-14(19-20)16(22)18-17-10-13-12-5-3-2-4-11(12)6-7-15(13)21/h2-10,21H,1H3,(H,18,22)/b17-10+. The van der Waals surface area contributed by atoms with E-state index in [0.717, 1.165) is 10.8 Å². The van der Waals surface area contributed by atoms with Crippen LogP contribution in [0.4, 0.5) is 0 Å². The molecule has 0 aliphatic heterocycles. The number of nitrogens with one attached hydrogen (secondary N) is 1. The molecule has 3 aromatic rings. The zero-order valence-electron chi connectivity index (χ0n) is 11.9. The second kappa shape index (κ2) is 5.69. The lowest BCUT2D eigenvalue weighted by Gasteiger charge is -2.04. The minimum atomic E-state index is -0.406. The Hall–Kier alpha value is -3.15. The number of aromatic hydroxyl groups is 1. The molecule has 6 heteroatoms. The van der Waals surface area contributed by atoms with Gasteiger partial charge < -0.3 is 5.11 Å². The van der Waals surface area contributed by atoms with Gasteiger partial charge in [-0.3, -0.25) is 9.48 Å². The Labute approximate surface area is 126 Å². The van der Waals surface area contributed by atoms with Crippen molar-refractivity contribution in [3.63, 3.8) is 0 Å². The summed E-state index contributed by atoms with van der Waals surface area (Å²) in [6.45, 7) is 0. The molecule has 0 atom stereocenters. The van der Waals surface area contributed by atoms with E-state index in [9.17, 15) is 9.90 Å². The third kappa shape index (κ3) is 2.67. The van der Waals surface area contributed by atoms with E-state index in [-0.39, 0.29) is 11.4 Å². The van der Waals surface area contributed by atoms with E-state index < -0.39 is 5.91 Å². The van der Waals surface area contributed by atoms with E-state index in [1.165, 1.54) is 10.9 Å².